The molecule has 0 bridgehead atoms. The van der Waals surface area contributed by atoms with Crippen molar-refractivity contribution >= 4 is 38.6 Å². The zero-order valence-corrected chi connectivity index (χ0v) is 20.2. The van der Waals surface area contributed by atoms with Gasteiger partial charge in [0.1, 0.15) is 0 Å². The van der Waals surface area contributed by atoms with Crippen molar-refractivity contribution in [2.45, 2.75) is 10.9 Å². The fourth-order valence-corrected chi connectivity index (χ4v) is 5.62. The van der Waals surface area contributed by atoms with Gasteiger partial charge in [-0.25, -0.2) is 8.42 Å². The Morgan fingerprint density at radius 2 is 1.62 bits per heavy atom. The van der Waals surface area contributed by atoms with Crippen LogP contribution in [0, 0.1) is 0 Å². The van der Waals surface area contributed by atoms with E-state index in [4.69, 9.17) is 0 Å². The minimum atomic E-state index is -3.77. The van der Waals surface area contributed by atoms with Gasteiger partial charge in [0.2, 0.25) is 5.91 Å². The van der Waals surface area contributed by atoms with Gasteiger partial charge in [-0.1, -0.05) is 60.7 Å². The summed E-state index contributed by atoms with van der Waals surface area (Å²) < 4.78 is 27.4. The van der Waals surface area contributed by atoms with Crippen LogP contribution in [-0.4, -0.2) is 27.9 Å². The lowest BCUT2D eigenvalue weighted by molar-refractivity contribution is -0.115. The van der Waals surface area contributed by atoms with Crippen molar-refractivity contribution in [2.75, 3.05) is 23.2 Å². The molecule has 34 heavy (non-hydrogen) atoms. The second-order valence-electron chi connectivity index (χ2n) is 7.62. The molecule has 4 rings (SSSR count). The Morgan fingerprint density at radius 3 is 2.29 bits per heavy atom. The molecule has 0 saturated heterocycles. The molecule has 1 heterocycles. The zero-order chi connectivity index (χ0) is 24.0. The third-order valence-electron chi connectivity index (χ3n) is 5.32. The summed E-state index contributed by atoms with van der Waals surface area (Å²) in [5.74, 6) is -0.261. The Bertz CT molecular complexity index is 1330. The van der Waals surface area contributed by atoms with Crippen molar-refractivity contribution in [3.8, 4) is 0 Å². The molecule has 2 N–H and O–H groups in total. The van der Waals surface area contributed by atoms with Crippen molar-refractivity contribution in [3.63, 3.8) is 0 Å². The number of carbonyl (C=O) groups excluding carboxylic acids is 1. The molecule has 0 radical (unpaired) electrons. The van der Waals surface area contributed by atoms with Gasteiger partial charge in [-0.15, -0.1) is 11.3 Å². The van der Waals surface area contributed by atoms with Crippen molar-refractivity contribution in [1.82, 2.24) is 5.32 Å². The standard InChI is InChI=1S/C26H25N3O3S2/c1-29(22-13-6-3-7-14-22)34(31,32)23-15-8-12-21(18-23)28-25(30)19-27-26(24-16-9-17-33-24)20-10-4-2-5-11-20/h2-18,26-27H,19H2,1H3,(H,28,30). The minimum Gasteiger partial charge on any atom is -0.325 e. The number of hydrogen-bond donors (Lipinski definition) is 2. The zero-order valence-electron chi connectivity index (χ0n) is 18.6. The monoisotopic (exact) mass is 491 g/mol. The smallest absolute Gasteiger partial charge is 0.264 e. The van der Waals surface area contributed by atoms with Crippen LogP contribution in [0.25, 0.3) is 0 Å². The highest BCUT2D eigenvalue weighted by atomic mass is 32.2. The van der Waals surface area contributed by atoms with E-state index < -0.39 is 10.0 Å². The van der Waals surface area contributed by atoms with Gasteiger partial charge in [-0.3, -0.25) is 14.4 Å². The highest BCUT2D eigenvalue weighted by Gasteiger charge is 2.22. The van der Waals surface area contributed by atoms with Crippen LogP contribution in [0.4, 0.5) is 11.4 Å². The van der Waals surface area contributed by atoms with Crippen LogP contribution in [0.2, 0.25) is 0 Å². The maximum Gasteiger partial charge on any atom is 0.264 e. The van der Waals surface area contributed by atoms with E-state index in [9.17, 15) is 13.2 Å². The van der Waals surface area contributed by atoms with Crippen molar-refractivity contribution in [3.05, 3.63) is 113 Å². The van der Waals surface area contributed by atoms with Gasteiger partial charge >= 0.3 is 0 Å². The highest BCUT2D eigenvalue weighted by molar-refractivity contribution is 7.92. The molecule has 0 fully saturated rings. The number of nitrogens with zero attached hydrogens (tertiary/aromatic N) is 1. The molecule has 4 aromatic rings. The predicted molar refractivity (Wildman–Crippen MR) is 138 cm³/mol. The Labute approximate surface area is 203 Å². The molecule has 1 atom stereocenters. The number of rotatable bonds is 9. The molecule has 1 aromatic heterocycles. The fraction of sp³-hybridized carbons (Fsp3) is 0.115. The number of nitrogens with one attached hydrogen (secondary N) is 2. The van der Waals surface area contributed by atoms with Crippen LogP contribution in [0.15, 0.2) is 107 Å². The lowest BCUT2D eigenvalue weighted by Gasteiger charge is -2.20. The average Bonchev–Trinajstić information content (AvgIpc) is 3.40. The molecule has 174 valence electrons. The van der Waals surface area contributed by atoms with Gasteiger partial charge in [-0.05, 0) is 47.3 Å². The van der Waals surface area contributed by atoms with Gasteiger partial charge in [0.05, 0.1) is 23.2 Å². The molecule has 0 aliphatic carbocycles. The van der Waals surface area contributed by atoms with Crippen molar-refractivity contribution in [1.29, 1.82) is 0 Å². The highest BCUT2D eigenvalue weighted by Crippen LogP contribution is 2.26. The van der Waals surface area contributed by atoms with E-state index in [1.807, 2.05) is 53.9 Å². The van der Waals surface area contributed by atoms with Crippen LogP contribution in [-0.2, 0) is 14.8 Å². The first-order valence-electron chi connectivity index (χ1n) is 10.7. The van der Waals surface area contributed by atoms with E-state index in [1.165, 1.54) is 23.5 Å². The molecule has 1 unspecified atom stereocenters. The summed E-state index contributed by atoms with van der Waals surface area (Å²) in [5, 5.41) is 8.12. The predicted octanol–water partition coefficient (Wildman–Crippen LogP) is 4.89. The number of carbonyl (C=O) groups is 1. The van der Waals surface area contributed by atoms with E-state index in [2.05, 4.69) is 10.6 Å². The number of sulfonamides is 1. The quantitative estimate of drug-likeness (QED) is 0.349. The molecule has 3 aromatic carbocycles. The number of thiophene rings is 1. The van der Waals surface area contributed by atoms with Gasteiger partial charge in [0.15, 0.2) is 0 Å². The minimum absolute atomic E-state index is 0.0678. The van der Waals surface area contributed by atoms with E-state index >= 15 is 0 Å². The van der Waals surface area contributed by atoms with Crippen molar-refractivity contribution < 1.29 is 13.2 Å². The second-order valence-corrected chi connectivity index (χ2v) is 10.6. The SMILES string of the molecule is CN(c1ccccc1)S(=O)(=O)c1cccc(NC(=O)CNC(c2ccccc2)c2cccs2)c1. The summed E-state index contributed by atoms with van der Waals surface area (Å²) in [4.78, 5) is 13.9. The number of hydrogen-bond acceptors (Lipinski definition) is 5. The molecule has 1 amide bonds. The van der Waals surface area contributed by atoms with Gasteiger partial charge < -0.3 is 5.32 Å². The summed E-state index contributed by atoms with van der Waals surface area (Å²) in [6.07, 6.45) is 0. The number of benzene rings is 3. The van der Waals surface area contributed by atoms with Gasteiger partial charge in [0, 0.05) is 17.6 Å². The topological polar surface area (TPSA) is 78.5 Å². The van der Waals surface area contributed by atoms with Gasteiger partial charge in [-0.2, -0.15) is 0 Å². The van der Waals surface area contributed by atoms with Crippen molar-refractivity contribution in [2.24, 2.45) is 0 Å². The molecule has 6 nitrogen and oxygen atoms in total. The first kappa shape index (κ1) is 23.7. The summed E-state index contributed by atoms with van der Waals surface area (Å²) >= 11 is 1.62. The summed E-state index contributed by atoms with van der Waals surface area (Å²) in [5.41, 5.74) is 2.04. The molecular formula is C26H25N3O3S2. The molecule has 8 heteroatoms. The van der Waals surface area contributed by atoms with E-state index in [1.54, 1.807) is 47.7 Å². The third-order valence-corrected chi connectivity index (χ3v) is 8.04. The average molecular weight is 492 g/mol. The van der Waals surface area contributed by atoms with Crippen LogP contribution < -0.4 is 14.9 Å². The molecule has 0 aliphatic rings. The van der Waals surface area contributed by atoms with Crippen LogP contribution in [0.1, 0.15) is 16.5 Å². The Hall–Kier alpha value is -3.46. The van der Waals surface area contributed by atoms with E-state index in [0.29, 0.717) is 11.4 Å². The number of anilines is 2. The third kappa shape index (κ3) is 5.53. The number of amides is 1. The Balaban J connectivity index is 1.45. The maximum absolute atomic E-state index is 13.1. The summed E-state index contributed by atoms with van der Waals surface area (Å²) in [7, 11) is -2.27. The maximum atomic E-state index is 13.1. The molecular weight excluding hydrogens is 466 g/mol. The molecule has 0 spiro atoms. The normalized spacial score (nSPS) is 12.1. The van der Waals surface area contributed by atoms with E-state index in [-0.39, 0.29) is 23.4 Å². The van der Waals surface area contributed by atoms with Crippen LogP contribution in [0.5, 0.6) is 0 Å². The van der Waals surface area contributed by atoms with Crippen LogP contribution >= 0.6 is 11.3 Å². The first-order chi connectivity index (χ1) is 16.4. The first-order valence-corrected chi connectivity index (χ1v) is 13.0. The lowest BCUT2D eigenvalue weighted by atomic mass is 10.1. The Morgan fingerprint density at radius 1 is 0.912 bits per heavy atom. The largest absolute Gasteiger partial charge is 0.325 e. The second kappa shape index (κ2) is 10.6. The Kier molecular flexibility index (Phi) is 7.42. The van der Waals surface area contributed by atoms with E-state index in [0.717, 1.165) is 10.4 Å². The summed E-state index contributed by atoms with van der Waals surface area (Å²) in [6.45, 7) is 0.0678. The van der Waals surface area contributed by atoms with Crippen LogP contribution in [0.3, 0.4) is 0 Å². The molecule has 0 saturated carbocycles. The number of para-hydroxylation sites is 1. The molecule has 0 aliphatic heterocycles. The van der Waals surface area contributed by atoms with Gasteiger partial charge in [0.25, 0.3) is 10.0 Å². The summed E-state index contributed by atoms with van der Waals surface area (Å²) in [6, 6.07) is 29.0. The lowest BCUT2D eigenvalue weighted by Crippen LogP contribution is -2.31. The fourth-order valence-electron chi connectivity index (χ4n) is 3.55.